The summed E-state index contributed by atoms with van der Waals surface area (Å²) in [4.78, 5) is 8.17. The van der Waals surface area contributed by atoms with Crippen molar-refractivity contribution in [2.24, 2.45) is 0 Å². The summed E-state index contributed by atoms with van der Waals surface area (Å²) in [6.45, 7) is 3.72. The molecule has 2 heterocycles. The summed E-state index contributed by atoms with van der Waals surface area (Å²) in [7, 11) is -3.90. The summed E-state index contributed by atoms with van der Waals surface area (Å²) in [6.07, 6.45) is 0.608. The highest BCUT2D eigenvalue weighted by atomic mass is 32.2. The highest BCUT2D eigenvalue weighted by molar-refractivity contribution is 7.93. The van der Waals surface area contributed by atoms with Crippen molar-refractivity contribution in [1.29, 1.82) is 0 Å². The first-order chi connectivity index (χ1) is 18.6. The van der Waals surface area contributed by atoms with Crippen molar-refractivity contribution in [3.63, 3.8) is 0 Å². The predicted molar refractivity (Wildman–Crippen MR) is 142 cm³/mol. The van der Waals surface area contributed by atoms with Crippen LogP contribution in [0.5, 0.6) is 0 Å². The molecule has 39 heavy (non-hydrogen) atoms. The molecule has 2 atom stereocenters. The number of benzene rings is 3. The summed E-state index contributed by atoms with van der Waals surface area (Å²) in [5, 5.41) is 11.7. The fourth-order valence-corrected chi connectivity index (χ4v) is 6.17. The standard InChI is InChI=1S/C28H27F3N4O3S/c1-18-16-34(17-19-14-23(29)26(31)24(30)15-19)12-13-35(18)28(36)21-7-9-22(10-8-21)33-39(37,38)25-6-2-4-20-5-3-11-32-27(20)25/h2-11,14-15,18,28,33,36H,12-13,16-17H2,1H3/t18-,28?/m1/s1. The molecular weight excluding hydrogens is 529 g/mol. The van der Waals surface area contributed by atoms with E-state index in [0.29, 0.717) is 47.4 Å². The molecule has 1 fully saturated rings. The Morgan fingerprint density at radius 3 is 2.41 bits per heavy atom. The lowest BCUT2D eigenvalue weighted by Gasteiger charge is -2.42. The Kier molecular flexibility index (Phi) is 7.59. The second-order valence-electron chi connectivity index (χ2n) is 9.63. The van der Waals surface area contributed by atoms with Crippen molar-refractivity contribution in [2.75, 3.05) is 24.4 Å². The van der Waals surface area contributed by atoms with E-state index >= 15 is 0 Å². The zero-order valence-corrected chi connectivity index (χ0v) is 21.9. The maximum atomic E-state index is 13.6. The van der Waals surface area contributed by atoms with E-state index in [0.717, 1.165) is 12.1 Å². The van der Waals surface area contributed by atoms with Crippen LogP contribution in [-0.2, 0) is 16.6 Å². The molecule has 0 bridgehead atoms. The number of hydrogen-bond acceptors (Lipinski definition) is 6. The summed E-state index contributed by atoms with van der Waals surface area (Å²) >= 11 is 0. The third kappa shape index (κ3) is 5.76. The summed E-state index contributed by atoms with van der Waals surface area (Å²) in [5.41, 5.74) is 1.65. The van der Waals surface area contributed by atoms with Crippen LogP contribution in [0.25, 0.3) is 10.9 Å². The highest BCUT2D eigenvalue weighted by Crippen LogP contribution is 2.27. The number of fused-ring (bicyclic) bond motifs is 1. The Balaban J connectivity index is 1.23. The fraction of sp³-hybridized carbons (Fsp3) is 0.250. The van der Waals surface area contributed by atoms with E-state index in [2.05, 4.69) is 9.71 Å². The van der Waals surface area contributed by atoms with Gasteiger partial charge in [0.05, 0.1) is 5.52 Å². The van der Waals surface area contributed by atoms with Crippen molar-refractivity contribution in [3.8, 4) is 0 Å². The number of halogens is 3. The summed E-state index contributed by atoms with van der Waals surface area (Å²) < 4.78 is 69.1. The van der Waals surface area contributed by atoms with E-state index in [1.54, 1.807) is 54.7 Å². The molecule has 2 N–H and O–H groups in total. The normalized spacial score (nSPS) is 17.8. The monoisotopic (exact) mass is 556 g/mol. The van der Waals surface area contributed by atoms with Gasteiger partial charge in [-0.15, -0.1) is 0 Å². The second kappa shape index (κ2) is 10.9. The number of nitrogens with one attached hydrogen (secondary N) is 1. The molecule has 7 nitrogen and oxygen atoms in total. The number of aromatic nitrogens is 1. The van der Waals surface area contributed by atoms with Crippen molar-refractivity contribution in [2.45, 2.75) is 30.6 Å². The largest absolute Gasteiger partial charge is 0.374 e. The number of aliphatic hydroxyl groups is 1. The minimum Gasteiger partial charge on any atom is -0.374 e. The lowest BCUT2D eigenvalue weighted by molar-refractivity contribution is -0.0580. The number of anilines is 1. The maximum absolute atomic E-state index is 13.6. The molecular formula is C28H27F3N4O3S. The maximum Gasteiger partial charge on any atom is 0.264 e. The molecule has 0 spiro atoms. The summed E-state index contributed by atoms with van der Waals surface area (Å²) in [5.74, 6) is -3.91. The number of aliphatic hydroxyl groups excluding tert-OH is 1. The number of rotatable bonds is 7. The molecule has 204 valence electrons. The van der Waals surface area contributed by atoms with Gasteiger partial charge in [-0.05, 0) is 54.4 Å². The van der Waals surface area contributed by atoms with Crippen LogP contribution in [0.2, 0.25) is 0 Å². The molecule has 0 saturated carbocycles. The van der Waals surface area contributed by atoms with Gasteiger partial charge in [-0.1, -0.05) is 30.3 Å². The average Bonchev–Trinajstić information content (AvgIpc) is 2.91. The van der Waals surface area contributed by atoms with E-state index in [-0.39, 0.29) is 17.5 Å². The van der Waals surface area contributed by atoms with Gasteiger partial charge >= 0.3 is 0 Å². The zero-order valence-electron chi connectivity index (χ0n) is 21.1. The topological polar surface area (TPSA) is 85.8 Å². The molecule has 4 aromatic rings. The minimum atomic E-state index is -3.90. The number of nitrogens with zero attached hydrogens (tertiary/aromatic N) is 3. The van der Waals surface area contributed by atoms with Gasteiger partial charge in [-0.2, -0.15) is 0 Å². The lowest BCUT2D eigenvalue weighted by atomic mass is 10.1. The van der Waals surface area contributed by atoms with Crippen molar-refractivity contribution in [1.82, 2.24) is 14.8 Å². The Hall–Kier alpha value is -3.51. The molecule has 1 unspecified atom stereocenters. The number of sulfonamides is 1. The Morgan fingerprint density at radius 2 is 1.72 bits per heavy atom. The molecule has 1 aliphatic heterocycles. The van der Waals surface area contributed by atoms with Gasteiger partial charge < -0.3 is 5.11 Å². The Morgan fingerprint density at radius 1 is 1.03 bits per heavy atom. The Bertz CT molecular complexity index is 1570. The van der Waals surface area contributed by atoms with E-state index < -0.39 is 33.7 Å². The molecule has 1 saturated heterocycles. The van der Waals surface area contributed by atoms with Gasteiger partial charge in [-0.25, -0.2) is 21.6 Å². The molecule has 0 amide bonds. The van der Waals surface area contributed by atoms with Crippen LogP contribution in [0.1, 0.15) is 24.3 Å². The smallest absolute Gasteiger partial charge is 0.264 e. The van der Waals surface area contributed by atoms with Gasteiger partial charge in [0.25, 0.3) is 10.0 Å². The van der Waals surface area contributed by atoms with Crippen molar-refractivity contribution in [3.05, 3.63) is 102 Å². The van der Waals surface area contributed by atoms with E-state index in [9.17, 15) is 26.7 Å². The van der Waals surface area contributed by atoms with E-state index in [4.69, 9.17) is 0 Å². The third-order valence-corrected chi connectivity index (χ3v) is 8.29. The number of piperazine rings is 1. The number of hydrogen-bond donors (Lipinski definition) is 2. The van der Waals surface area contributed by atoms with Crippen LogP contribution in [0.15, 0.2) is 77.8 Å². The van der Waals surface area contributed by atoms with Crippen LogP contribution in [-0.4, -0.2) is 54.0 Å². The van der Waals surface area contributed by atoms with Gasteiger partial charge in [0.2, 0.25) is 0 Å². The van der Waals surface area contributed by atoms with Crippen LogP contribution < -0.4 is 4.72 Å². The zero-order chi connectivity index (χ0) is 27.7. The van der Waals surface area contributed by atoms with E-state index in [1.807, 2.05) is 16.7 Å². The van der Waals surface area contributed by atoms with Crippen LogP contribution in [0.4, 0.5) is 18.9 Å². The number of pyridine rings is 1. The third-order valence-electron chi connectivity index (χ3n) is 6.87. The molecule has 3 aromatic carbocycles. The van der Waals surface area contributed by atoms with E-state index in [1.165, 1.54) is 6.07 Å². The van der Waals surface area contributed by atoms with Gasteiger partial charge in [0, 0.05) is 49.5 Å². The second-order valence-corrected chi connectivity index (χ2v) is 11.3. The molecule has 1 aliphatic rings. The lowest BCUT2D eigenvalue weighted by Crippen LogP contribution is -2.52. The Labute approximate surface area is 224 Å². The highest BCUT2D eigenvalue weighted by Gasteiger charge is 2.29. The van der Waals surface area contributed by atoms with Gasteiger partial charge in [-0.3, -0.25) is 19.5 Å². The fourth-order valence-electron chi connectivity index (χ4n) is 4.93. The minimum absolute atomic E-state index is 0.0718. The number of para-hydroxylation sites is 1. The first-order valence-corrected chi connectivity index (χ1v) is 13.9. The first kappa shape index (κ1) is 27.1. The predicted octanol–water partition coefficient (Wildman–Crippen LogP) is 4.65. The average molecular weight is 557 g/mol. The van der Waals surface area contributed by atoms with Crippen molar-refractivity contribution < 1.29 is 26.7 Å². The molecule has 11 heteroatoms. The summed E-state index contributed by atoms with van der Waals surface area (Å²) in [6, 6.07) is 16.9. The first-order valence-electron chi connectivity index (χ1n) is 12.4. The van der Waals surface area contributed by atoms with Crippen LogP contribution in [0, 0.1) is 17.5 Å². The molecule has 5 rings (SSSR count). The molecule has 0 radical (unpaired) electrons. The quantitative estimate of drug-likeness (QED) is 0.323. The van der Waals surface area contributed by atoms with Gasteiger partial charge in [0.15, 0.2) is 17.5 Å². The van der Waals surface area contributed by atoms with Crippen LogP contribution in [0.3, 0.4) is 0 Å². The van der Waals surface area contributed by atoms with Crippen LogP contribution >= 0.6 is 0 Å². The van der Waals surface area contributed by atoms with Crippen molar-refractivity contribution >= 4 is 26.6 Å². The SMILES string of the molecule is C[C@@H]1CN(Cc2cc(F)c(F)c(F)c2)CCN1C(O)c1ccc(NS(=O)(=O)c2cccc3cccnc23)cc1. The molecule has 1 aromatic heterocycles. The van der Waals surface area contributed by atoms with Gasteiger partial charge in [0.1, 0.15) is 11.1 Å². The molecule has 0 aliphatic carbocycles.